The van der Waals surface area contributed by atoms with Crippen molar-refractivity contribution in [3.05, 3.63) is 89.4 Å². The van der Waals surface area contributed by atoms with E-state index in [0.29, 0.717) is 29.4 Å². The second-order valence-corrected chi connectivity index (χ2v) is 9.15. The standard InChI is InChI=1S/C28H27F2N5O2/c1-31-21-9-5-6-10-22(21)35-23-15-16-32-28(37-17-18-7-3-2-4-8-18)24(23)27(34-35)33-20-13-11-19(12-14-20)25(36)26(29)30/h2-4,7-8,11-16,21-22,25-26,36H,5-6,9-10,17H2,(H,33,34)/t21-,22-,25?/m0/s1. The number of hydrogen-bond donors (Lipinski definition) is 2. The Balaban J connectivity index is 1.53. The largest absolute Gasteiger partial charge is 0.472 e. The Labute approximate surface area is 213 Å². The first-order valence-electron chi connectivity index (χ1n) is 12.3. The van der Waals surface area contributed by atoms with E-state index in [9.17, 15) is 13.9 Å². The normalized spacial score (nSPS) is 18.5. The van der Waals surface area contributed by atoms with Crippen molar-refractivity contribution in [2.75, 3.05) is 5.32 Å². The highest BCUT2D eigenvalue weighted by Gasteiger charge is 2.34. The van der Waals surface area contributed by atoms with Gasteiger partial charge in [-0.3, -0.25) is 4.68 Å². The Morgan fingerprint density at radius 2 is 1.84 bits per heavy atom. The number of nitrogens with one attached hydrogen (secondary N) is 1. The number of aromatic nitrogens is 3. The number of anilines is 2. The van der Waals surface area contributed by atoms with Crippen molar-refractivity contribution in [1.82, 2.24) is 14.8 Å². The number of ether oxygens (including phenoxy) is 1. The molecule has 2 heterocycles. The summed E-state index contributed by atoms with van der Waals surface area (Å²) in [6, 6.07) is 17.6. The molecule has 1 saturated carbocycles. The second kappa shape index (κ2) is 10.9. The van der Waals surface area contributed by atoms with Crippen LogP contribution in [-0.2, 0) is 6.61 Å². The fourth-order valence-corrected chi connectivity index (χ4v) is 4.81. The van der Waals surface area contributed by atoms with E-state index in [1.165, 1.54) is 12.1 Å². The van der Waals surface area contributed by atoms with Crippen LogP contribution in [0.4, 0.5) is 20.3 Å². The molecular weight excluding hydrogens is 476 g/mol. The molecule has 0 saturated heterocycles. The van der Waals surface area contributed by atoms with Gasteiger partial charge in [-0.05, 0) is 42.2 Å². The van der Waals surface area contributed by atoms with Crippen molar-refractivity contribution >= 4 is 22.4 Å². The predicted octanol–water partition coefficient (Wildman–Crippen LogP) is 6.46. The van der Waals surface area contributed by atoms with Crippen LogP contribution >= 0.6 is 0 Å². The maximum Gasteiger partial charge on any atom is 0.268 e. The lowest BCUT2D eigenvalue weighted by Gasteiger charge is -2.24. The quantitative estimate of drug-likeness (QED) is 0.270. The molecule has 0 spiro atoms. The average molecular weight is 504 g/mol. The molecule has 5 rings (SSSR count). The van der Waals surface area contributed by atoms with Gasteiger partial charge in [-0.1, -0.05) is 48.9 Å². The third-order valence-electron chi connectivity index (χ3n) is 6.73. The number of pyridine rings is 1. The number of aliphatic hydroxyl groups is 1. The predicted molar refractivity (Wildman–Crippen MR) is 137 cm³/mol. The highest BCUT2D eigenvalue weighted by Crippen LogP contribution is 2.39. The van der Waals surface area contributed by atoms with Crippen LogP contribution in [0, 0.1) is 6.57 Å². The minimum Gasteiger partial charge on any atom is -0.472 e. The lowest BCUT2D eigenvalue weighted by Crippen LogP contribution is -2.26. The topological polar surface area (TPSA) is 76.6 Å². The minimum atomic E-state index is -2.86. The van der Waals surface area contributed by atoms with Crippen LogP contribution in [-0.4, -0.2) is 32.3 Å². The monoisotopic (exact) mass is 503 g/mol. The first kappa shape index (κ1) is 24.7. The molecule has 37 heavy (non-hydrogen) atoms. The number of hydrogen-bond acceptors (Lipinski definition) is 5. The van der Waals surface area contributed by atoms with Gasteiger partial charge < -0.3 is 20.0 Å². The Morgan fingerprint density at radius 1 is 1.08 bits per heavy atom. The van der Waals surface area contributed by atoms with Gasteiger partial charge in [0.2, 0.25) is 11.9 Å². The van der Waals surface area contributed by atoms with E-state index < -0.39 is 12.5 Å². The zero-order valence-electron chi connectivity index (χ0n) is 20.1. The molecule has 0 amide bonds. The van der Waals surface area contributed by atoms with Gasteiger partial charge >= 0.3 is 0 Å². The number of aliphatic hydroxyl groups excluding tert-OH is 1. The van der Waals surface area contributed by atoms with Crippen molar-refractivity contribution in [2.45, 2.75) is 56.9 Å². The third kappa shape index (κ3) is 5.25. The van der Waals surface area contributed by atoms with Gasteiger partial charge in [-0.25, -0.2) is 20.3 Å². The summed E-state index contributed by atoms with van der Waals surface area (Å²) in [5.74, 6) is 0.914. The molecule has 9 heteroatoms. The summed E-state index contributed by atoms with van der Waals surface area (Å²) in [4.78, 5) is 8.37. The molecule has 1 aliphatic carbocycles. The molecule has 2 N–H and O–H groups in total. The third-order valence-corrected chi connectivity index (χ3v) is 6.73. The molecule has 2 aromatic heterocycles. The van der Waals surface area contributed by atoms with Gasteiger partial charge in [0.15, 0.2) is 5.82 Å². The summed E-state index contributed by atoms with van der Waals surface area (Å²) in [6.45, 7) is 8.04. The Morgan fingerprint density at radius 3 is 2.57 bits per heavy atom. The minimum absolute atomic E-state index is 0.0720. The SMILES string of the molecule is [C-]#[N+][C@H]1CCCC[C@@H]1n1nc(Nc2ccc(C(O)C(F)F)cc2)c2c(OCc3ccccc3)nccc21. The average Bonchev–Trinajstić information content (AvgIpc) is 3.31. The molecule has 3 atom stereocenters. The molecule has 1 unspecified atom stereocenters. The van der Waals surface area contributed by atoms with Crippen molar-refractivity contribution in [2.24, 2.45) is 0 Å². The van der Waals surface area contributed by atoms with Crippen LogP contribution in [0.3, 0.4) is 0 Å². The molecule has 190 valence electrons. The number of benzene rings is 2. The van der Waals surface area contributed by atoms with Crippen molar-refractivity contribution in [3.63, 3.8) is 0 Å². The molecule has 0 aliphatic heterocycles. The summed E-state index contributed by atoms with van der Waals surface area (Å²) < 4.78 is 33.8. The van der Waals surface area contributed by atoms with Gasteiger partial charge in [0.25, 0.3) is 6.43 Å². The maximum atomic E-state index is 12.9. The Kier molecular flexibility index (Phi) is 7.28. The molecule has 1 fully saturated rings. The van der Waals surface area contributed by atoms with E-state index in [2.05, 4.69) is 15.1 Å². The highest BCUT2D eigenvalue weighted by molar-refractivity contribution is 5.96. The smallest absolute Gasteiger partial charge is 0.268 e. The molecule has 4 aromatic rings. The first-order valence-corrected chi connectivity index (χ1v) is 12.3. The highest BCUT2D eigenvalue weighted by atomic mass is 19.3. The summed E-state index contributed by atoms with van der Waals surface area (Å²) >= 11 is 0. The van der Waals surface area contributed by atoms with E-state index in [4.69, 9.17) is 16.4 Å². The molecule has 7 nitrogen and oxygen atoms in total. The molecule has 0 radical (unpaired) electrons. The van der Waals surface area contributed by atoms with Crippen LogP contribution < -0.4 is 10.1 Å². The second-order valence-electron chi connectivity index (χ2n) is 9.15. The van der Waals surface area contributed by atoms with Crippen LogP contribution in [0.5, 0.6) is 5.88 Å². The Bertz CT molecular complexity index is 1390. The number of rotatable bonds is 8. The zero-order chi connectivity index (χ0) is 25.8. The van der Waals surface area contributed by atoms with Crippen LogP contribution in [0.25, 0.3) is 15.7 Å². The van der Waals surface area contributed by atoms with E-state index in [-0.39, 0.29) is 17.6 Å². The van der Waals surface area contributed by atoms with E-state index in [1.54, 1.807) is 18.3 Å². The summed E-state index contributed by atoms with van der Waals surface area (Å²) in [5.41, 5.74) is 2.55. The molecule has 0 bridgehead atoms. The van der Waals surface area contributed by atoms with Crippen molar-refractivity contribution < 1.29 is 18.6 Å². The van der Waals surface area contributed by atoms with E-state index in [1.807, 2.05) is 41.1 Å². The van der Waals surface area contributed by atoms with Crippen molar-refractivity contribution in [3.8, 4) is 5.88 Å². The summed E-state index contributed by atoms with van der Waals surface area (Å²) in [5, 5.41) is 18.5. The van der Waals surface area contributed by atoms with Crippen LogP contribution in [0.15, 0.2) is 66.9 Å². The molecular formula is C28H27F2N5O2. The zero-order valence-corrected chi connectivity index (χ0v) is 20.1. The fourth-order valence-electron chi connectivity index (χ4n) is 4.81. The van der Waals surface area contributed by atoms with Gasteiger partial charge in [-0.15, -0.1) is 0 Å². The number of nitrogens with zero attached hydrogens (tertiary/aromatic N) is 4. The summed E-state index contributed by atoms with van der Waals surface area (Å²) in [6.07, 6.45) is 0.712. The lowest BCUT2D eigenvalue weighted by molar-refractivity contribution is -0.00577. The first-order chi connectivity index (χ1) is 18.0. The number of fused-ring (bicyclic) bond motifs is 1. The number of halogens is 2. The van der Waals surface area contributed by atoms with E-state index >= 15 is 0 Å². The van der Waals surface area contributed by atoms with E-state index in [0.717, 1.165) is 36.8 Å². The number of alkyl halides is 2. The van der Waals surface area contributed by atoms with Crippen LogP contribution in [0.2, 0.25) is 0 Å². The van der Waals surface area contributed by atoms with Gasteiger partial charge in [0.1, 0.15) is 24.1 Å². The van der Waals surface area contributed by atoms with Crippen molar-refractivity contribution in [1.29, 1.82) is 0 Å². The van der Waals surface area contributed by atoms with Gasteiger partial charge in [0, 0.05) is 18.3 Å². The van der Waals surface area contributed by atoms with Crippen LogP contribution in [0.1, 0.15) is 49.0 Å². The summed E-state index contributed by atoms with van der Waals surface area (Å²) in [7, 11) is 0. The molecule has 1 aliphatic rings. The lowest BCUT2D eigenvalue weighted by atomic mass is 9.91. The Hall–Kier alpha value is -4.03. The maximum absolute atomic E-state index is 12.9. The molecule has 2 aromatic carbocycles. The van der Waals surface area contributed by atoms with Gasteiger partial charge in [0.05, 0.1) is 5.52 Å². The van der Waals surface area contributed by atoms with Gasteiger partial charge in [-0.2, -0.15) is 5.10 Å². The fraction of sp³-hybridized carbons (Fsp3) is 0.321.